The van der Waals surface area contributed by atoms with E-state index in [1.807, 2.05) is 6.92 Å². The average Bonchev–Trinajstić information content (AvgIpc) is 2.77. The fourth-order valence-corrected chi connectivity index (χ4v) is 1.86. The highest BCUT2D eigenvalue weighted by Gasteiger charge is 2.18. The molecule has 1 heterocycles. The SMILES string of the molecule is CCCc1ncn(-c2ccc(F)c(F)c2)c1C(=O)O. The molecule has 0 aliphatic heterocycles. The van der Waals surface area contributed by atoms with Gasteiger partial charge in [-0.3, -0.25) is 4.57 Å². The number of nitrogens with zero attached hydrogens (tertiary/aromatic N) is 2. The van der Waals surface area contributed by atoms with E-state index in [9.17, 15) is 18.7 Å². The summed E-state index contributed by atoms with van der Waals surface area (Å²) in [5, 5.41) is 9.22. The van der Waals surface area contributed by atoms with E-state index in [-0.39, 0.29) is 11.4 Å². The molecule has 6 heteroatoms. The van der Waals surface area contributed by atoms with E-state index < -0.39 is 17.6 Å². The number of hydrogen-bond donors (Lipinski definition) is 1. The van der Waals surface area contributed by atoms with Crippen molar-refractivity contribution < 1.29 is 18.7 Å². The van der Waals surface area contributed by atoms with Crippen molar-refractivity contribution in [1.82, 2.24) is 9.55 Å². The third kappa shape index (κ3) is 2.47. The quantitative estimate of drug-likeness (QED) is 0.925. The molecule has 1 N–H and O–H groups in total. The fraction of sp³-hybridized carbons (Fsp3) is 0.231. The second kappa shape index (κ2) is 5.17. The first-order valence-electron chi connectivity index (χ1n) is 5.79. The van der Waals surface area contributed by atoms with Gasteiger partial charge in [-0.05, 0) is 18.6 Å². The van der Waals surface area contributed by atoms with Crippen molar-refractivity contribution in [2.24, 2.45) is 0 Å². The monoisotopic (exact) mass is 266 g/mol. The summed E-state index contributed by atoms with van der Waals surface area (Å²) >= 11 is 0. The van der Waals surface area contributed by atoms with Crippen molar-refractivity contribution in [3.63, 3.8) is 0 Å². The zero-order valence-electron chi connectivity index (χ0n) is 10.2. The highest BCUT2D eigenvalue weighted by Crippen LogP contribution is 2.18. The molecule has 0 aliphatic carbocycles. The van der Waals surface area contributed by atoms with E-state index in [1.54, 1.807) is 0 Å². The van der Waals surface area contributed by atoms with Gasteiger partial charge in [-0.25, -0.2) is 18.6 Å². The lowest BCUT2D eigenvalue weighted by Gasteiger charge is -2.06. The summed E-state index contributed by atoms with van der Waals surface area (Å²) in [6, 6.07) is 3.21. The first kappa shape index (κ1) is 13.2. The van der Waals surface area contributed by atoms with Crippen molar-refractivity contribution >= 4 is 5.97 Å². The van der Waals surface area contributed by atoms with E-state index in [0.29, 0.717) is 12.1 Å². The number of benzene rings is 1. The number of rotatable bonds is 4. The highest BCUT2D eigenvalue weighted by molar-refractivity contribution is 5.87. The van der Waals surface area contributed by atoms with E-state index in [4.69, 9.17) is 0 Å². The second-order valence-corrected chi connectivity index (χ2v) is 4.06. The Morgan fingerprint density at radius 2 is 2.11 bits per heavy atom. The Kier molecular flexibility index (Phi) is 3.59. The predicted molar refractivity (Wildman–Crippen MR) is 64.4 cm³/mol. The Morgan fingerprint density at radius 3 is 2.68 bits per heavy atom. The van der Waals surface area contributed by atoms with Gasteiger partial charge >= 0.3 is 5.97 Å². The molecule has 0 radical (unpaired) electrons. The van der Waals surface area contributed by atoms with Crippen LogP contribution in [0.5, 0.6) is 0 Å². The van der Waals surface area contributed by atoms with Crippen LogP contribution in [0.3, 0.4) is 0 Å². The first-order valence-corrected chi connectivity index (χ1v) is 5.79. The van der Waals surface area contributed by atoms with Crippen molar-refractivity contribution in [3.05, 3.63) is 47.5 Å². The number of hydrogen-bond acceptors (Lipinski definition) is 2. The minimum atomic E-state index is -1.15. The summed E-state index contributed by atoms with van der Waals surface area (Å²) in [7, 11) is 0. The normalized spacial score (nSPS) is 10.7. The predicted octanol–water partition coefficient (Wildman–Crippen LogP) is 2.80. The third-order valence-corrected chi connectivity index (χ3v) is 2.71. The third-order valence-electron chi connectivity index (χ3n) is 2.71. The molecule has 1 aromatic carbocycles. The minimum Gasteiger partial charge on any atom is -0.477 e. The van der Waals surface area contributed by atoms with Crippen LogP contribution in [-0.4, -0.2) is 20.6 Å². The summed E-state index contributed by atoms with van der Waals surface area (Å²) in [4.78, 5) is 15.3. The number of aromatic nitrogens is 2. The zero-order chi connectivity index (χ0) is 14.0. The Bertz CT molecular complexity index is 623. The van der Waals surface area contributed by atoms with Crippen LogP contribution >= 0.6 is 0 Å². The van der Waals surface area contributed by atoms with Gasteiger partial charge in [-0.15, -0.1) is 0 Å². The average molecular weight is 266 g/mol. The van der Waals surface area contributed by atoms with Gasteiger partial charge in [0.1, 0.15) is 6.33 Å². The van der Waals surface area contributed by atoms with Gasteiger partial charge in [0.2, 0.25) is 0 Å². The molecule has 0 amide bonds. The molecule has 4 nitrogen and oxygen atoms in total. The van der Waals surface area contributed by atoms with Gasteiger partial charge in [-0.1, -0.05) is 13.3 Å². The van der Waals surface area contributed by atoms with Crippen molar-refractivity contribution in [2.45, 2.75) is 19.8 Å². The number of imidazole rings is 1. The van der Waals surface area contributed by atoms with Gasteiger partial charge in [0, 0.05) is 6.07 Å². The van der Waals surface area contributed by atoms with Crippen molar-refractivity contribution in [2.75, 3.05) is 0 Å². The number of aromatic carboxylic acids is 1. The largest absolute Gasteiger partial charge is 0.477 e. The smallest absolute Gasteiger partial charge is 0.354 e. The molecule has 0 aliphatic rings. The summed E-state index contributed by atoms with van der Waals surface area (Å²) < 4.78 is 27.3. The van der Waals surface area contributed by atoms with E-state index in [0.717, 1.165) is 18.6 Å². The molecule has 2 aromatic rings. The molecule has 2 rings (SSSR count). The van der Waals surface area contributed by atoms with Crippen LogP contribution in [0.4, 0.5) is 8.78 Å². The van der Waals surface area contributed by atoms with Crippen LogP contribution in [0.1, 0.15) is 29.5 Å². The molecule has 1 aromatic heterocycles. The second-order valence-electron chi connectivity index (χ2n) is 4.06. The standard InChI is InChI=1S/C13H12F2N2O2/c1-2-3-11-12(13(18)19)17(7-16-11)8-4-5-9(14)10(15)6-8/h4-7H,2-3H2,1H3,(H,18,19). The number of halogens is 2. The van der Waals surface area contributed by atoms with E-state index in [1.165, 1.54) is 17.0 Å². The van der Waals surface area contributed by atoms with Gasteiger partial charge in [0.25, 0.3) is 0 Å². The van der Waals surface area contributed by atoms with Gasteiger partial charge < -0.3 is 5.11 Å². The Labute approximate surface area is 108 Å². The maximum absolute atomic E-state index is 13.2. The number of aryl methyl sites for hydroxylation is 1. The molecule has 0 atom stereocenters. The van der Waals surface area contributed by atoms with Crippen LogP contribution in [0.25, 0.3) is 5.69 Å². The molecule has 0 unspecified atom stereocenters. The maximum Gasteiger partial charge on any atom is 0.354 e. The highest BCUT2D eigenvalue weighted by atomic mass is 19.2. The molecular weight excluding hydrogens is 254 g/mol. The lowest BCUT2D eigenvalue weighted by Crippen LogP contribution is -2.09. The number of carboxylic acid groups (broad SMARTS) is 1. The Hall–Kier alpha value is -2.24. The van der Waals surface area contributed by atoms with Crippen LogP contribution in [0, 0.1) is 11.6 Å². The first-order chi connectivity index (χ1) is 9.04. The lowest BCUT2D eigenvalue weighted by atomic mass is 10.2. The molecule has 0 bridgehead atoms. The topological polar surface area (TPSA) is 55.1 Å². The van der Waals surface area contributed by atoms with E-state index in [2.05, 4.69) is 4.98 Å². The minimum absolute atomic E-state index is 0.0205. The van der Waals surface area contributed by atoms with Gasteiger partial charge in [0.05, 0.1) is 11.4 Å². The molecular formula is C13H12F2N2O2. The molecule has 0 spiro atoms. The molecule has 0 saturated carbocycles. The van der Waals surface area contributed by atoms with Crippen LogP contribution in [-0.2, 0) is 6.42 Å². The summed E-state index contributed by atoms with van der Waals surface area (Å²) in [6.45, 7) is 1.90. The Balaban J connectivity index is 2.55. The van der Waals surface area contributed by atoms with Crippen LogP contribution < -0.4 is 0 Å². The molecule has 19 heavy (non-hydrogen) atoms. The lowest BCUT2D eigenvalue weighted by molar-refractivity contribution is 0.0687. The van der Waals surface area contributed by atoms with Gasteiger partial charge in [0.15, 0.2) is 17.3 Å². The fourth-order valence-electron chi connectivity index (χ4n) is 1.86. The summed E-state index contributed by atoms with van der Waals surface area (Å²) in [5.41, 5.74) is 0.638. The van der Waals surface area contributed by atoms with Crippen LogP contribution in [0.2, 0.25) is 0 Å². The summed E-state index contributed by atoms with van der Waals surface area (Å²) in [6.07, 6.45) is 2.56. The zero-order valence-corrected chi connectivity index (χ0v) is 10.2. The van der Waals surface area contributed by atoms with Crippen molar-refractivity contribution in [1.29, 1.82) is 0 Å². The van der Waals surface area contributed by atoms with Crippen molar-refractivity contribution in [3.8, 4) is 5.69 Å². The van der Waals surface area contributed by atoms with E-state index >= 15 is 0 Å². The van der Waals surface area contributed by atoms with Crippen LogP contribution in [0.15, 0.2) is 24.5 Å². The molecule has 0 fully saturated rings. The molecule has 100 valence electrons. The molecule has 0 saturated heterocycles. The summed E-state index contributed by atoms with van der Waals surface area (Å²) in [5.74, 6) is -3.15. The number of carbonyl (C=O) groups is 1. The Morgan fingerprint density at radius 1 is 1.37 bits per heavy atom. The number of carboxylic acids is 1. The maximum atomic E-state index is 13.2. The van der Waals surface area contributed by atoms with Gasteiger partial charge in [-0.2, -0.15) is 0 Å².